The van der Waals surface area contributed by atoms with Gasteiger partial charge in [-0.25, -0.2) is 4.79 Å². The number of allylic oxidation sites excluding steroid dienone is 1. The fourth-order valence-corrected chi connectivity index (χ4v) is 2.81. The van der Waals surface area contributed by atoms with Crippen molar-refractivity contribution in [2.45, 2.75) is 39.7 Å². The molecule has 1 aliphatic carbocycles. The van der Waals surface area contributed by atoms with E-state index in [4.69, 9.17) is 4.74 Å². The fourth-order valence-electron chi connectivity index (χ4n) is 2.81. The molecule has 0 fully saturated rings. The minimum atomic E-state index is -1.62. The molecule has 1 rings (SSSR count). The molecule has 7 heteroatoms. The maximum atomic E-state index is 11.8. The Balaban J connectivity index is 3.18. The van der Waals surface area contributed by atoms with Crippen molar-refractivity contribution in [3.05, 3.63) is 35.5 Å². The van der Waals surface area contributed by atoms with Crippen molar-refractivity contribution in [3.63, 3.8) is 0 Å². The van der Waals surface area contributed by atoms with Crippen LogP contribution in [0.4, 0.5) is 0 Å². The number of hydrogen-bond acceptors (Lipinski definition) is 5. The Bertz CT molecular complexity index is 642. The summed E-state index contributed by atoms with van der Waals surface area (Å²) in [4.78, 5) is 34.8. The molecule has 3 N–H and O–H groups in total. The predicted molar refractivity (Wildman–Crippen MR) is 89.7 cm³/mol. The molecule has 0 bridgehead atoms. The third kappa shape index (κ3) is 4.79. The smallest absolute Gasteiger partial charge is 0.333 e. The monoisotopic (exact) mass is 352 g/mol. The van der Waals surface area contributed by atoms with Crippen molar-refractivity contribution in [1.82, 2.24) is 0 Å². The van der Waals surface area contributed by atoms with E-state index < -0.39 is 35.3 Å². The number of carbonyl (C=O) groups is 3. The van der Waals surface area contributed by atoms with E-state index in [1.54, 1.807) is 6.08 Å². The number of esters is 1. The Labute approximate surface area is 146 Å². The summed E-state index contributed by atoms with van der Waals surface area (Å²) >= 11 is 0. The Morgan fingerprint density at radius 3 is 2.40 bits per heavy atom. The van der Waals surface area contributed by atoms with E-state index in [1.165, 1.54) is 26.8 Å². The number of hydrogen-bond donors (Lipinski definition) is 3. The fraction of sp³-hybridized carbons (Fsp3) is 0.500. The van der Waals surface area contributed by atoms with Crippen molar-refractivity contribution < 1.29 is 34.4 Å². The highest BCUT2D eigenvalue weighted by molar-refractivity contribution is 5.88. The number of carboxylic acid groups (broad SMARTS) is 2. The number of aliphatic hydroxyl groups is 1. The Morgan fingerprint density at radius 1 is 1.36 bits per heavy atom. The summed E-state index contributed by atoms with van der Waals surface area (Å²) in [6, 6.07) is 0. The zero-order chi connectivity index (χ0) is 19.4. The van der Waals surface area contributed by atoms with E-state index in [1.807, 2.05) is 0 Å². The lowest BCUT2D eigenvalue weighted by atomic mass is 9.67. The summed E-state index contributed by atoms with van der Waals surface area (Å²) in [5.41, 5.74) is -0.476. The van der Waals surface area contributed by atoms with E-state index in [0.29, 0.717) is 11.1 Å². The average Bonchev–Trinajstić information content (AvgIpc) is 2.48. The van der Waals surface area contributed by atoms with Crippen LogP contribution in [-0.2, 0) is 19.1 Å². The van der Waals surface area contributed by atoms with Gasteiger partial charge < -0.3 is 20.1 Å². The van der Waals surface area contributed by atoms with Gasteiger partial charge in [0.25, 0.3) is 0 Å². The Morgan fingerprint density at radius 2 is 1.96 bits per heavy atom. The normalized spacial score (nSPS) is 23.9. The van der Waals surface area contributed by atoms with Crippen LogP contribution >= 0.6 is 0 Å². The van der Waals surface area contributed by atoms with Crippen LogP contribution in [0, 0.1) is 11.3 Å². The second-order valence-electron chi connectivity index (χ2n) is 6.46. The minimum absolute atomic E-state index is 0.00476. The topological polar surface area (TPSA) is 121 Å². The summed E-state index contributed by atoms with van der Waals surface area (Å²) in [6.45, 7) is 7.83. The van der Waals surface area contributed by atoms with Gasteiger partial charge in [0, 0.05) is 12.0 Å². The Kier molecular flexibility index (Phi) is 6.70. The van der Waals surface area contributed by atoms with E-state index in [-0.39, 0.29) is 25.0 Å². The lowest BCUT2D eigenvalue weighted by molar-refractivity contribution is -0.156. The molecule has 0 aliphatic heterocycles. The molecule has 0 saturated carbocycles. The zero-order valence-corrected chi connectivity index (χ0v) is 14.6. The highest BCUT2D eigenvalue weighted by atomic mass is 16.5. The van der Waals surface area contributed by atoms with Crippen LogP contribution in [0.2, 0.25) is 0 Å². The van der Waals surface area contributed by atoms with Gasteiger partial charge in [0.15, 0.2) is 0 Å². The first kappa shape index (κ1) is 20.6. The summed E-state index contributed by atoms with van der Waals surface area (Å²) in [5.74, 6) is -4.40. The number of aliphatic hydroxyl groups excluding tert-OH is 1. The minimum Gasteiger partial charge on any atom is -0.481 e. The van der Waals surface area contributed by atoms with Crippen LogP contribution in [0.1, 0.15) is 33.6 Å². The molecule has 7 nitrogen and oxygen atoms in total. The van der Waals surface area contributed by atoms with E-state index in [2.05, 4.69) is 6.58 Å². The molecule has 0 heterocycles. The second kappa shape index (κ2) is 8.11. The SMILES string of the molecule is C=C(C)C(=O)OCCC1=C(CC(C)O)C(C(=O)O)C(C)(C(=O)O)C=C1. The molecule has 1 aliphatic rings. The van der Waals surface area contributed by atoms with Crippen molar-refractivity contribution >= 4 is 17.9 Å². The molecule has 0 saturated heterocycles. The molecule has 0 aromatic rings. The number of carbonyl (C=O) groups excluding carboxylic acids is 1. The maximum Gasteiger partial charge on any atom is 0.333 e. The van der Waals surface area contributed by atoms with Crippen molar-refractivity contribution in [2.75, 3.05) is 6.61 Å². The molecule has 0 spiro atoms. The summed E-state index contributed by atoms with van der Waals surface area (Å²) in [7, 11) is 0. The molecule has 3 unspecified atom stereocenters. The molecule has 0 aromatic heterocycles. The number of rotatable bonds is 8. The maximum absolute atomic E-state index is 11.8. The van der Waals surface area contributed by atoms with Crippen molar-refractivity contribution in [3.8, 4) is 0 Å². The van der Waals surface area contributed by atoms with Crippen LogP contribution in [0.3, 0.4) is 0 Å². The molecular formula is C18H24O7. The van der Waals surface area contributed by atoms with E-state index in [0.717, 1.165) is 0 Å². The van der Waals surface area contributed by atoms with Crippen molar-refractivity contribution in [2.24, 2.45) is 11.3 Å². The lowest BCUT2D eigenvalue weighted by Crippen LogP contribution is -2.42. The summed E-state index contributed by atoms with van der Waals surface area (Å²) in [5, 5.41) is 28.8. The molecule has 3 atom stereocenters. The highest BCUT2D eigenvalue weighted by Crippen LogP contribution is 2.43. The van der Waals surface area contributed by atoms with Crippen LogP contribution in [0.15, 0.2) is 35.5 Å². The molecule has 0 radical (unpaired) electrons. The van der Waals surface area contributed by atoms with Gasteiger partial charge in [-0.05, 0) is 38.3 Å². The molecular weight excluding hydrogens is 328 g/mol. The zero-order valence-electron chi connectivity index (χ0n) is 14.6. The van der Waals surface area contributed by atoms with E-state index in [9.17, 15) is 29.7 Å². The second-order valence-corrected chi connectivity index (χ2v) is 6.46. The Hall–Kier alpha value is -2.41. The average molecular weight is 352 g/mol. The summed E-state index contributed by atoms with van der Waals surface area (Å²) < 4.78 is 5.02. The lowest BCUT2D eigenvalue weighted by Gasteiger charge is -2.35. The number of aliphatic carboxylic acids is 2. The van der Waals surface area contributed by atoms with Gasteiger partial charge in [-0.15, -0.1) is 0 Å². The molecule has 0 aromatic carbocycles. The third-order valence-corrected chi connectivity index (χ3v) is 4.17. The van der Waals surface area contributed by atoms with Crippen LogP contribution < -0.4 is 0 Å². The van der Waals surface area contributed by atoms with Gasteiger partial charge in [0.05, 0.1) is 18.6 Å². The van der Waals surface area contributed by atoms with Gasteiger partial charge in [0.1, 0.15) is 5.41 Å². The van der Waals surface area contributed by atoms with Gasteiger partial charge >= 0.3 is 17.9 Å². The third-order valence-electron chi connectivity index (χ3n) is 4.17. The van der Waals surface area contributed by atoms with Crippen LogP contribution in [0.25, 0.3) is 0 Å². The van der Waals surface area contributed by atoms with Crippen molar-refractivity contribution in [1.29, 1.82) is 0 Å². The van der Waals surface area contributed by atoms with Gasteiger partial charge in [-0.3, -0.25) is 9.59 Å². The summed E-state index contributed by atoms with van der Waals surface area (Å²) in [6.07, 6.45) is 2.29. The highest BCUT2D eigenvalue weighted by Gasteiger charge is 2.48. The van der Waals surface area contributed by atoms with Gasteiger partial charge in [-0.2, -0.15) is 0 Å². The number of carboxylic acids is 2. The van der Waals surface area contributed by atoms with Crippen LogP contribution in [0.5, 0.6) is 0 Å². The molecule has 138 valence electrons. The molecule has 0 amide bonds. The largest absolute Gasteiger partial charge is 0.481 e. The first-order valence-corrected chi connectivity index (χ1v) is 7.88. The van der Waals surface area contributed by atoms with Crippen LogP contribution in [-0.4, -0.2) is 45.9 Å². The standard InChI is InChI=1S/C18H24O7/c1-10(2)16(22)25-8-6-12-5-7-18(4,17(23)24)14(15(20)21)13(12)9-11(3)19/h5,7,11,14,19H,1,6,8-9H2,2-4H3,(H,20,21)(H,23,24). The van der Waals surface area contributed by atoms with E-state index >= 15 is 0 Å². The molecule has 25 heavy (non-hydrogen) atoms. The first-order chi connectivity index (χ1) is 11.5. The van der Waals surface area contributed by atoms with Gasteiger partial charge in [0.2, 0.25) is 0 Å². The predicted octanol–water partition coefficient (Wildman–Crippen LogP) is 1.92. The first-order valence-electron chi connectivity index (χ1n) is 7.88. The quantitative estimate of drug-likeness (QED) is 0.451. The van der Waals surface area contributed by atoms with Gasteiger partial charge in [-0.1, -0.05) is 18.7 Å². The number of ether oxygens (including phenoxy) is 1.